The van der Waals surface area contributed by atoms with Gasteiger partial charge in [0.05, 0.1) is 10.8 Å². The maximum Gasteiger partial charge on any atom is 0.191 e. The molecule has 102 valence electrons. The predicted octanol–water partition coefficient (Wildman–Crippen LogP) is 5.47. The number of anilines is 2. The van der Waals surface area contributed by atoms with Gasteiger partial charge in [0, 0.05) is 12.2 Å². The third-order valence-electron chi connectivity index (χ3n) is 2.79. The lowest BCUT2D eigenvalue weighted by Crippen LogP contribution is -2.17. The number of hydrogen-bond acceptors (Lipinski definition) is 3. The Labute approximate surface area is 128 Å². The Kier molecular flexibility index (Phi) is 5.49. The first kappa shape index (κ1) is 14.6. The Morgan fingerprint density at radius 2 is 2.00 bits per heavy atom. The van der Waals surface area contributed by atoms with Crippen LogP contribution in [-0.2, 0) is 5.88 Å². The van der Waals surface area contributed by atoms with Crippen LogP contribution in [0.25, 0.3) is 0 Å². The molecule has 0 saturated carbocycles. The number of para-hydroxylation sites is 1. The summed E-state index contributed by atoms with van der Waals surface area (Å²) in [5, 5.41) is 1.44. The second-order valence-corrected chi connectivity index (χ2v) is 5.87. The molecule has 0 unspecified atom stereocenters. The van der Waals surface area contributed by atoms with Crippen LogP contribution in [0.5, 0.6) is 0 Å². The molecule has 1 heterocycles. The highest BCUT2D eigenvalue weighted by atomic mass is 35.5. The zero-order valence-electron chi connectivity index (χ0n) is 10.8. The van der Waals surface area contributed by atoms with E-state index in [1.807, 2.05) is 18.2 Å². The molecular weight excluding hydrogens is 299 g/mol. The van der Waals surface area contributed by atoms with Crippen LogP contribution in [-0.4, -0.2) is 11.5 Å². The normalized spacial score (nSPS) is 10.7. The van der Waals surface area contributed by atoms with Crippen LogP contribution in [0.1, 0.15) is 24.6 Å². The summed E-state index contributed by atoms with van der Waals surface area (Å²) in [7, 11) is 0. The van der Waals surface area contributed by atoms with Gasteiger partial charge in [-0.2, -0.15) is 0 Å². The second kappa shape index (κ2) is 7.13. The molecule has 0 fully saturated rings. The minimum atomic E-state index is 0.410. The van der Waals surface area contributed by atoms with Crippen LogP contribution in [0.15, 0.2) is 30.3 Å². The maximum absolute atomic E-state index is 6.10. The Balaban J connectivity index is 2.31. The highest BCUT2D eigenvalue weighted by Crippen LogP contribution is 2.34. The van der Waals surface area contributed by atoms with E-state index >= 15 is 0 Å². The minimum Gasteiger partial charge on any atom is -0.318 e. The van der Waals surface area contributed by atoms with Gasteiger partial charge in [-0.1, -0.05) is 54.5 Å². The fraction of sp³-hybridized carbons (Fsp3) is 0.357. The number of alkyl halides is 1. The number of hydrogen-bond donors (Lipinski definition) is 0. The van der Waals surface area contributed by atoms with E-state index in [2.05, 4.69) is 28.9 Å². The highest BCUT2D eigenvalue weighted by Gasteiger charge is 2.15. The number of nitrogens with zero attached hydrogens (tertiary/aromatic N) is 2. The number of thiazole rings is 1. The molecule has 0 atom stereocenters. The summed E-state index contributed by atoms with van der Waals surface area (Å²) in [6, 6.07) is 10.3. The number of aromatic nitrogens is 1. The van der Waals surface area contributed by atoms with Gasteiger partial charge in [-0.25, -0.2) is 4.98 Å². The molecule has 1 aromatic heterocycles. The molecule has 2 nitrogen and oxygen atoms in total. The Bertz CT molecular complexity index is 513. The highest BCUT2D eigenvalue weighted by molar-refractivity contribution is 7.16. The van der Waals surface area contributed by atoms with Crippen LogP contribution in [0, 0.1) is 0 Å². The Morgan fingerprint density at radius 1 is 1.26 bits per heavy atom. The summed E-state index contributed by atoms with van der Waals surface area (Å²) >= 11 is 13.5. The molecule has 5 heteroatoms. The lowest BCUT2D eigenvalue weighted by molar-refractivity contribution is 0.784. The molecule has 1 aromatic carbocycles. The third kappa shape index (κ3) is 3.62. The fourth-order valence-electron chi connectivity index (χ4n) is 1.78. The first-order chi connectivity index (χ1) is 9.26. The summed E-state index contributed by atoms with van der Waals surface area (Å²) in [5.74, 6) is 0.410. The minimum absolute atomic E-state index is 0.410. The van der Waals surface area contributed by atoms with Crippen molar-refractivity contribution >= 4 is 45.4 Å². The molecule has 0 aliphatic heterocycles. The van der Waals surface area contributed by atoms with Crippen molar-refractivity contribution in [3.63, 3.8) is 0 Å². The van der Waals surface area contributed by atoms with Gasteiger partial charge in [0.2, 0.25) is 0 Å². The van der Waals surface area contributed by atoms with Crippen molar-refractivity contribution < 1.29 is 0 Å². The fourth-order valence-corrected chi connectivity index (χ4v) is 3.30. The molecule has 19 heavy (non-hydrogen) atoms. The molecule has 0 spiro atoms. The maximum atomic E-state index is 6.10. The third-order valence-corrected chi connectivity index (χ3v) is 4.72. The lowest BCUT2D eigenvalue weighted by atomic mass is 10.2. The summed E-state index contributed by atoms with van der Waals surface area (Å²) in [4.78, 5) is 7.57. The molecule has 0 aliphatic rings. The largest absolute Gasteiger partial charge is 0.318 e. The van der Waals surface area contributed by atoms with Crippen LogP contribution < -0.4 is 4.90 Å². The predicted molar refractivity (Wildman–Crippen MR) is 85.0 cm³/mol. The van der Waals surface area contributed by atoms with Crippen LogP contribution >= 0.6 is 34.5 Å². The van der Waals surface area contributed by atoms with Crippen LogP contribution in [0.3, 0.4) is 0 Å². The van der Waals surface area contributed by atoms with Crippen LogP contribution in [0.2, 0.25) is 5.15 Å². The standard InChI is InChI=1S/C14H16Cl2N2S/c1-2-3-9-18(11-7-5-4-6-8-11)14-17-13(16)12(10-15)19-14/h4-8H,2-3,9-10H2,1H3. The quantitative estimate of drug-likeness (QED) is 0.657. The zero-order valence-corrected chi connectivity index (χ0v) is 13.1. The van der Waals surface area contributed by atoms with Gasteiger partial charge in [-0.05, 0) is 18.6 Å². The van der Waals surface area contributed by atoms with Gasteiger partial charge in [0.15, 0.2) is 5.13 Å². The van der Waals surface area contributed by atoms with Crippen molar-refractivity contribution in [3.8, 4) is 0 Å². The molecular formula is C14H16Cl2N2S. The van der Waals surface area contributed by atoms with Gasteiger partial charge >= 0.3 is 0 Å². The van der Waals surface area contributed by atoms with E-state index in [0.29, 0.717) is 11.0 Å². The van der Waals surface area contributed by atoms with Crippen LogP contribution in [0.4, 0.5) is 10.8 Å². The van der Waals surface area contributed by atoms with Crippen molar-refractivity contribution in [2.75, 3.05) is 11.4 Å². The van der Waals surface area contributed by atoms with Gasteiger partial charge in [0.1, 0.15) is 5.15 Å². The smallest absolute Gasteiger partial charge is 0.191 e. The van der Waals surface area contributed by atoms with Crippen molar-refractivity contribution in [3.05, 3.63) is 40.4 Å². The molecule has 0 saturated heterocycles. The Hall–Kier alpha value is -0.770. The van der Waals surface area contributed by atoms with E-state index in [4.69, 9.17) is 23.2 Å². The molecule has 0 radical (unpaired) electrons. The van der Waals surface area contributed by atoms with E-state index in [9.17, 15) is 0 Å². The number of halogens is 2. The topological polar surface area (TPSA) is 16.1 Å². The van der Waals surface area contributed by atoms with Gasteiger partial charge in [0.25, 0.3) is 0 Å². The molecule has 0 amide bonds. The van der Waals surface area contributed by atoms with Crippen molar-refractivity contribution in [1.29, 1.82) is 0 Å². The average molecular weight is 315 g/mol. The van der Waals surface area contributed by atoms with E-state index < -0.39 is 0 Å². The van der Waals surface area contributed by atoms with Crippen molar-refractivity contribution in [2.24, 2.45) is 0 Å². The van der Waals surface area contributed by atoms with Gasteiger partial charge in [-0.15, -0.1) is 11.6 Å². The number of unbranched alkanes of at least 4 members (excludes halogenated alkanes) is 1. The monoisotopic (exact) mass is 314 g/mol. The lowest BCUT2D eigenvalue weighted by Gasteiger charge is -2.21. The van der Waals surface area contributed by atoms with Crippen molar-refractivity contribution in [2.45, 2.75) is 25.6 Å². The Morgan fingerprint density at radius 3 is 2.58 bits per heavy atom. The van der Waals surface area contributed by atoms with E-state index in [-0.39, 0.29) is 0 Å². The van der Waals surface area contributed by atoms with Gasteiger partial charge < -0.3 is 4.90 Å². The van der Waals surface area contributed by atoms with E-state index in [1.165, 1.54) is 0 Å². The average Bonchev–Trinajstić information content (AvgIpc) is 2.81. The van der Waals surface area contributed by atoms with E-state index in [0.717, 1.165) is 35.1 Å². The second-order valence-electron chi connectivity index (χ2n) is 4.18. The van der Waals surface area contributed by atoms with E-state index in [1.54, 1.807) is 11.3 Å². The number of rotatable bonds is 6. The molecule has 0 bridgehead atoms. The van der Waals surface area contributed by atoms with Crippen molar-refractivity contribution in [1.82, 2.24) is 4.98 Å². The summed E-state index contributed by atoms with van der Waals surface area (Å²) in [5.41, 5.74) is 1.14. The first-order valence-corrected chi connectivity index (χ1v) is 8.03. The summed E-state index contributed by atoms with van der Waals surface area (Å²) < 4.78 is 0. The molecule has 2 aromatic rings. The summed E-state index contributed by atoms with van der Waals surface area (Å²) in [6.45, 7) is 3.12. The number of benzene rings is 1. The molecule has 0 aliphatic carbocycles. The SMILES string of the molecule is CCCCN(c1ccccc1)c1nc(Cl)c(CCl)s1. The molecule has 0 N–H and O–H groups in total. The summed E-state index contributed by atoms with van der Waals surface area (Å²) in [6.07, 6.45) is 2.26. The first-order valence-electron chi connectivity index (χ1n) is 6.30. The molecule has 2 rings (SSSR count). The van der Waals surface area contributed by atoms with Gasteiger partial charge in [-0.3, -0.25) is 0 Å². The zero-order chi connectivity index (χ0) is 13.7.